The van der Waals surface area contributed by atoms with Crippen LogP contribution >= 0.6 is 0 Å². The van der Waals surface area contributed by atoms with Crippen LogP contribution in [0.25, 0.3) is 0 Å². The summed E-state index contributed by atoms with van der Waals surface area (Å²) in [6, 6.07) is 0. The van der Waals surface area contributed by atoms with E-state index in [0.29, 0.717) is 111 Å². The summed E-state index contributed by atoms with van der Waals surface area (Å²) >= 11 is 0. The molecule has 5 aliphatic heterocycles. The third-order valence-corrected chi connectivity index (χ3v) is 17.6. The van der Waals surface area contributed by atoms with Crippen LogP contribution in [0.15, 0.2) is 0 Å². The van der Waals surface area contributed by atoms with E-state index in [9.17, 15) is 0 Å². The van der Waals surface area contributed by atoms with Gasteiger partial charge in [0.1, 0.15) is 0 Å². The van der Waals surface area contributed by atoms with Gasteiger partial charge in [0, 0.05) is 29.6 Å². The highest BCUT2D eigenvalue weighted by Gasteiger charge is 2.47. The third-order valence-electron chi connectivity index (χ3n) is 17.6. The van der Waals surface area contributed by atoms with Crippen molar-refractivity contribution in [1.29, 1.82) is 0 Å². The van der Waals surface area contributed by atoms with E-state index >= 15 is 0 Å². The van der Waals surface area contributed by atoms with Crippen molar-refractivity contribution in [3.8, 4) is 0 Å². The predicted octanol–water partition coefficient (Wildman–Crippen LogP) is 8.99. The summed E-state index contributed by atoms with van der Waals surface area (Å²) in [5.74, 6) is 5.18. The summed E-state index contributed by atoms with van der Waals surface area (Å²) in [4.78, 5) is 0. The fraction of sp³-hybridized carbons (Fsp3) is 1.00. The maximum atomic E-state index is 6.80. The van der Waals surface area contributed by atoms with Crippen molar-refractivity contribution in [1.82, 2.24) is 0 Å². The maximum Gasteiger partial charge on any atom is 0.160 e. The molecule has 60 heavy (non-hydrogen) atoms. The quantitative estimate of drug-likeness (QED) is 0.141. The van der Waals surface area contributed by atoms with Gasteiger partial charge in [0.25, 0.3) is 0 Å². The van der Waals surface area contributed by atoms with Gasteiger partial charge in [0.2, 0.25) is 0 Å². The van der Waals surface area contributed by atoms with Crippen molar-refractivity contribution in [2.24, 2.45) is 94.5 Å². The number of ether oxygens (including phenoxy) is 10. The van der Waals surface area contributed by atoms with Crippen LogP contribution in [-0.2, 0) is 47.4 Å². The lowest BCUT2D eigenvalue weighted by molar-refractivity contribution is -0.315. The van der Waals surface area contributed by atoms with Gasteiger partial charge in [0.15, 0.2) is 31.5 Å². The molecular weight excluding hydrogens is 763 g/mol. The molecule has 5 fully saturated rings. The Morgan fingerprint density at radius 3 is 0.800 bits per heavy atom. The Labute approximate surface area is 366 Å². The first-order valence-electron chi connectivity index (χ1n) is 24.5. The molecule has 5 aliphatic rings. The Morgan fingerprint density at radius 2 is 0.550 bits per heavy atom. The topological polar surface area (TPSA) is 118 Å². The smallest absolute Gasteiger partial charge is 0.160 e. The van der Waals surface area contributed by atoms with E-state index in [1.807, 2.05) is 0 Å². The first kappa shape index (κ1) is 50.6. The van der Waals surface area contributed by atoms with E-state index in [0.717, 1.165) is 12.8 Å². The predicted molar refractivity (Wildman–Crippen MR) is 234 cm³/mol. The molecular formula is C49H91NO10. The monoisotopic (exact) mass is 854 g/mol. The van der Waals surface area contributed by atoms with E-state index in [1.165, 1.54) is 0 Å². The largest absolute Gasteiger partial charge is 0.352 e. The van der Waals surface area contributed by atoms with Gasteiger partial charge in [-0.05, 0) is 78.6 Å². The van der Waals surface area contributed by atoms with Crippen LogP contribution in [-0.4, -0.2) is 102 Å². The van der Waals surface area contributed by atoms with Gasteiger partial charge >= 0.3 is 0 Å². The first-order chi connectivity index (χ1) is 28.4. The number of hydrogen-bond acceptors (Lipinski definition) is 11. The first-order valence-corrected chi connectivity index (χ1v) is 24.5. The van der Waals surface area contributed by atoms with E-state index in [2.05, 4.69) is 111 Å². The van der Waals surface area contributed by atoms with Crippen LogP contribution in [0, 0.1) is 88.8 Å². The lowest BCUT2D eigenvalue weighted by Gasteiger charge is -2.47. The van der Waals surface area contributed by atoms with Gasteiger partial charge in [-0.2, -0.15) is 0 Å². The van der Waals surface area contributed by atoms with Gasteiger partial charge in [-0.25, -0.2) is 0 Å². The molecule has 0 aromatic carbocycles. The summed E-state index contributed by atoms with van der Waals surface area (Å²) in [6.07, 6.45) is 0.0812. The van der Waals surface area contributed by atoms with Crippen molar-refractivity contribution >= 4 is 0 Å². The molecule has 352 valence electrons. The van der Waals surface area contributed by atoms with Crippen LogP contribution in [0.5, 0.6) is 0 Å². The molecule has 10 unspecified atom stereocenters. The van der Waals surface area contributed by atoms with Crippen molar-refractivity contribution < 1.29 is 47.4 Å². The second kappa shape index (κ2) is 22.6. The summed E-state index contributed by atoms with van der Waals surface area (Å²) in [7, 11) is 0. The zero-order chi connectivity index (χ0) is 44.2. The van der Waals surface area contributed by atoms with E-state index in [-0.39, 0.29) is 79.7 Å². The number of rotatable bonds is 17. The standard InChI is InChI=1S/C49H91NO10/c1-17-40-30(7)25(2)36(13)46(56-40)52-22-42-32(9)27(4)38(15)48(58-42)54-24-44-34(11)29(6)39(16)49(60-44)55-23-43-33(10)28(5)37(14)47(59-43)53-21-41-31(8)26(3)35(12)45(57-41)51-20-18-19-50/h25-49H,17-24,50H2,1-16H3/t25-,26-,27-,28-,29-,30-,31-,32-,33-,34-,35?,36?,37?,38?,39?,40?,41?,42?,43?,44?,45+,46+,47+,48+,49+/m0/s1. The van der Waals surface area contributed by atoms with Gasteiger partial charge in [-0.1, -0.05) is 111 Å². The zero-order valence-electron chi connectivity index (χ0n) is 40.8. The summed E-state index contributed by atoms with van der Waals surface area (Å²) in [6.45, 7) is 39.4. The molecule has 2 N–H and O–H groups in total. The second-order valence-corrected chi connectivity index (χ2v) is 20.9. The molecule has 0 aromatic rings. The zero-order valence-corrected chi connectivity index (χ0v) is 40.8. The third kappa shape index (κ3) is 11.5. The maximum absolute atomic E-state index is 6.80. The molecule has 0 radical (unpaired) electrons. The lowest BCUT2D eigenvalue weighted by atomic mass is 9.78. The summed E-state index contributed by atoms with van der Waals surface area (Å²) < 4.78 is 66.0. The van der Waals surface area contributed by atoms with Crippen molar-refractivity contribution in [2.45, 2.75) is 186 Å². The molecule has 0 amide bonds. The van der Waals surface area contributed by atoms with Crippen LogP contribution in [0.2, 0.25) is 0 Å². The summed E-state index contributed by atoms with van der Waals surface area (Å²) in [5.41, 5.74) is 5.72. The molecule has 0 aromatic heterocycles. The molecule has 0 aliphatic carbocycles. The number of nitrogens with two attached hydrogens (primary N) is 1. The number of hydrogen-bond donors (Lipinski definition) is 1. The van der Waals surface area contributed by atoms with Crippen molar-refractivity contribution in [3.63, 3.8) is 0 Å². The normalized spacial score (nSPS) is 50.5. The Morgan fingerprint density at radius 1 is 0.317 bits per heavy atom. The average molecular weight is 854 g/mol. The Kier molecular flexibility index (Phi) is 19.1. The molecule has 11 nitrogen and oxygen atoms in total. The molecule has 5 rings (SSSR count). The van der Waals surface area contributed by atoms with Crippen LogP contribution in [0.4, 0.5) is 0 Å². The SMILES string of the molecule is CCC1O[C@@H](OCC2O[C@@H](OCC3O[C@@H](OCC4O[C@@H](OCC5O[C@@H](OCCCN)C(C)[C@@H](C)[C@@H]5C)C(C)[C@@H](C)[C@@H]4C)C(C)[C@@H](C)[C@@H]3C)C(C)[C@@H](C)[C@@H]2C)C(C)[C@@H](C)[C@@H]1C. The van der Waals surface area contributed by atoms with E-state index < -0.39 is 0 Å². The molecule has 0 bridgehead atoms. The minimum Gasteiger partial charge on any atom is -0.352 e. The lowest BCUT2D eigenvalue weighted by Crippen LogP contribution is -2.53. The highest BCUT2D eigenvalue weighted by molar-refractivity contribution is 4.89. The molecule has 5 saturated heterocycles. The average Bonchev–Trinajstić information content (AvgIpc) is 3.23. The van der Waals surface area contributed by atoms with E-state index in [1.54, 1.807) is 0 Å². The Hall–Kier alpha value is -0.440. The minimum atomic E-state index is -0.370. The Balaban J connectivity index is 1.14. The van der Waals surface area contributed by atoms with Gasteiger partial charge in [-0.15, -0.1) is 0 Å². The molecule has 5 heterocycles. The fourth-order valence-electron chi connectivity index (χ4n) is 10.7. The second-order valence-electron chi connectivity index (χ2n) is 20.9. The van der Waals surface area contributed by atoms with E-state index in [4.69, 9.17) is 53.1 Å². The van der Waals surface area contributed by atoms with Gasteiger partial charge < -0.3 is 53.1 Å². The fourth-order valence-corrected chi connectivity index (χ4v) is 10.7. The minimum absolute atomic E-state index is 0.0762. The molecule has 11 heteroatoms. The Bertz CT molecular complexity index is 1260. The van der Waals surface area contributed by atoms with Gasteiger partial charge in [0.05, 0.1) is 63.6 Å². The highest BCUT2D eigenvalue weighted by atomic mass is 16.7. The van der Waals surface area contributed by atoms with Crippen molar-refractivity contribution in [3.05, 3.63) is 0 Å². The molecule has 0 spiro atoms. The van der Waals surface area contributed by atoms with Crippen LogP contribution in [0.1, 0.15) is 124 Å². The highest BCUT2D eigenvalue weighted by Crippen LogP contribution is 2.42. The van der Waals surface area contributed by atoms with Crippen molar-refractivity contribution in [2.75, 3.05) is 39.6 Å². The summed E-state index contributed by atoms with van der Waals surface area (Å²) in [5, 5.41) is 0. The van der Waals surface area contributed by atoms with Crippen LogP contribution in [0.3, 0.4) is 0 Å². The van der Waals surface area contributed by atoms with Crippen LogP contribution < -0.4 is 5.73 Å². The van der Waals surface area contributed by atoms with Gasteiger partial charge in [-0.3, -0.25) is 0 Å². The molecule has 0 saturated carbocycles. The molecule has 25 atom stereocenters.